The van der Waals surface area contributed by atoms with E-state index in [1.54, 1.807) is 139 Å². The number of nitrogens with one attached hydrogen (secondary N) is 4. The molecule has 8 aromatic rings. The number of halogens is 4. The minimum absolute atomic E-state index is 0.0191. The van der Waals surface area contributed by atoms with Gasteiger partial charge in [0.25, 0.3) is 17.7 Å². The van der Waals surface area contributed by atoms with Crippen molar-refractivity contribution in [2.75, 3.05) is 22.6 Å². The van der Waals surface area contributed by atoms with Crippen LogP contribution in [0.3, 0.4) is 0 Å². The summed E-state index contributed by atoms with van der Waals surface area (Å²) in [6.07, 6.45) is 3.36. The molecule has 0 aliphatic rings. The average Bonchev–Trinajstić information content (AvgIpc) is 0.852. The summed E-state index contributed by atoms with van der Waals surface area (Å²) in [6.45, 7) is 52.7. The Labute approximate surface area is 784 Å². The maximum atomic E-state index is 11.4. The number of carbonyl (C=O) groups excluding carboxylic acids is 10. The number of carboxylic acid groups (broad SMARTS) is 6. The molecular weight excluding hydrogens is 1850 g/mol. The zero-order chi connectivity index (χ0) is 103. The van der Waals surface area contributed by atoms with E-state index < -0.39 is 71.6 Å². The van der Waals surface area contributed by atoms with Crippen LogP contribution in [0.1, 0.15) is 114 Å². The summed E-state index contributed by atoms with van der Waals surface area (Å²) in [5, 5.41) is 90.4. The van der Waals surface area contributed by atoms with E-state index in [1.165, 1.54) is 88.4 Å². The van der Waals surface area contributed by atoms with E-state index in [0.29, 0.717) is 76.7 Å². The van der Waals surface area contributed by atoms with Crippen LogP contribution in [0.25, 0.3) is 12.2 Å². The molecule has 13 N–H and O–H groups in total. The third-order valence-electron chi connectivity index (χ3n) is 14.6. The Kier molecular flexibility index (Phi) is 60.8. The fourth-order valence-electron chi connectivity index (χ4n) is 7.84. The Morgan fingerprint density at radius 3 is 1.27 bits per heavy atom. The molecule has 0 aliphatic heterocycles. The smallest absolute Gasteiger partial charge is 0.341 e. The number of carboxylic acids is 6. The van der Waals surface area contributed by atoms with Crippen molar-refractivity contribution in [2.24, 2.45) is 0 Å². The van der Waals surface area contributed by atoms with Crippen LogP contribution in [-0.2, 0) is 68.7 Å². The highest BCUT2D eigenvalue weighted by Crippen LogP contribution is 2.38. The van der Waals surface area contributed by atoms with Crippen molar-refractivity contribution in [1.82, 2.24) is 5.32 Å². The van der Waals surface area contributed by atoms with Gasteiger partial charge < -0.3 is 101 Å². The number of carbonyl (C=O) groups is 16. The van der Waals surface area contributed by atoms with Gasteiger partial charge in [0.15, 0.2) is 41.1 Å². The molecule has 37 heteroatoms. The number of aromatic hydroxyl groups is 3. The SMILES string of the molecule is C=C(C)C(=O)NC(C)C(=O)O.C=C(C)C(=O)Nc1ccc(Br)cc1C(=O)O.C=C(C)C(=O)Nc1ccc(C(=O)O)cc1C.C=C(C)C(=O)Nc1ccc(CC(=O)O)cc1.C=C(C)C(=O)Oc1c(C)cccc1O.C=C(C)C(=O)Oc1c(O)cc(Cl)cc1Cl.C=C(C)C(=O)Oc1cc(Cl)ccc1O.C=Cc1ccc(C(=O)O)cc1.C=Cc1ccc(OCC(=O)O)cc1.C=O.C=O.C=O. The Hall–Kier alpha value is -15.9. The van der Waals surface area contributed by atoms with Crippen molar-refractivity contribution < 1.29 is 142 Å². The van der Waals surface area contributed by atoms with E-state index >= 15 is 0 Å². The van der Waals surface area contributed by atoms with Gasteiger partial charge in [0, 0.05) is 77.0 Å². The van der Waals surface area contributed by atoms with Gasteiger partial charge in [-0.15, -0.1) is 0 Å². The molecule has 8 aromatic carbocycles. The zero-order valence-corrected chi connectivity index (χ0v) is 77.2. The first-order chi connectivity index (χ1) is 61.7. The summed E-state index contributed by atoms with van der Waals surface area (Å²) in [6, 6.07) is 40.2. The minimum atomic E-state index is -1.10. The molecule has 0 radical (unpaired) electrons. The zero-order valence-electron chi connectivity index (χ0n) is 73.3. The molecule has 0 bridgehead atoms. The van der Waals surface area contributed by atoms with E-state index in [1.807, 2.05) is 32.5 Å². The monoisotopic (exact) mass is 1940 g/mol. The van der Waals surface area contributed by atoms with Crippen LogP contribution in [-0.4, -0.2) is 156 Å². The lowest BCUT2D eigenvalue weighted by Crippen LogP contribution is -2.38. The maximum Gasteiger partial charge on any atom is 0.341 e. The van der Waals surface area contributed by atoms with E-state index in [4.69, 9.17) is 98.8 Å². The lowest BCUT2D eigenvalue weighted by atomic mass is 10.1. The highest BCUT2D eigenvalue weighted by atomic mass is 79.9. The van der Waals surface area contributed by atoms with Crippen molar-refractivity contribution in [1.29, 1.82) is 0 Å². The summed E-state index contributed by atoms with van der Waals surface area (Å²) in [7, 11) is 0. The number of ether oxygens (including phenoxy) is 4. The van der Waals surface area contributed by atoms with Gasteiger partial charge in [-0.25, -0.2) is 33.6 Å². The summed E-state index contributed by atoms with van der Waals surface area (Å²) >= 11 is 20.2. The van der Waals surface area contributed by atoms with Crippen LogP contribution >= 0.6 is 50.7 Å². The van der Waals surface area contributed by atoms with Crippen molar-refractivity contribution in [3.63, 3.8) is 0 Å². The molecule has 8 rings (SSSR count). The maximum absolute atomic E-state index is 11.4. The van der Waals surface area contributed by atoms with Gasteiger partial charge >= 0.3 is 53.7 Å². The average molecular weight is 1950 g/mol. The molecule has 0 aromatic heterocycles. The molecule has 702 valence electrons. The lowest BCUT2D eigenvalue weighted by Gasteiger charge is -2.08. The number of hydrogen-bond donors (Lipinski definition) is 13. The molecule has 0 heterocycles. The second-order valence-corrected chi connectivity index (χ2v) is 28.2. The predicted molar refractivity (Wildman–Crippen MR) is 507 cm³/mol. The summed E-state index contributed by atoms with van der Waals surface area (Å²) in [5.41, 5.74) is 8.23. The van der Waals surface area contributed by atoms with Crippen LogP contribution in [0.2, 0.25) is 15.1 Å². The normalized spacial score (nSPS) is 9.38. The Balaban J connectivity index is -0.000000695. The number of phenolic OH excluding ortho intramolecular Hbond substituents is 3. The number of para-hydroxylation sites is 1. The van der Waals surface area contributed by atoms with Gasteiger partial charge in [-0.1, -0.05) is 171 Å². The van der Waals surface area contributed by atoms with Gasteiger partial charge in [0.1, 0.15) is 32.2 Å². The van der Waals surface area contributed by atoms with Crippen LogP contribution in [0.15, 0.2) is 260 Å². The first-order valence-corrected chi connectivity index (χ1v) is 38.8. The van der Waals surface area contributed by atoms with Crippen molar-refractivity contribution in [3.05, 3.63) is 320 Å². The van der Waals surface area contributed by atoms with Gasteiger partial charge in [-0.3, -0.25) is 28.8 Å². The summed E-state index contributed by atoms with van der Waals surface area (Å²) in [5.74, 6) is -8.83. The Morgan fingerprint density at radius 2 is 0.864 bits per heavy atom. The molecule has 1 atom stereocenters. The van der Waals surface area contributed by atoms with E-state index in [0.717, 1.165) is 11.1 Å². The third-order valence-corrected chi connectivity index (χ3v) is 15.9. The Morgan fingerprint density at radius 1 is 0.424 bits per heavy atom. The van der Waals surface area contributed by atoms with Crippen molar-refractivity contribution in [3.8, 4) is 40.2 Å². The fourth-order valence-corrected chi connectivity index (χ4v) is 8.88. The quantitative estimate of drug-likeness (QED) is 0.0144. The number of aliphatic carboxylic acids is 3. The number of hydrogen-bond acceptors (Lipinski definition) is 23. The number of aromatic carboxylic acids is 3. The number of anilines is 3. The number of rotatable bonds is 25. The number of benzene rings is 8. The predicted octanol–water partition coefficient (Wildman–Crippen LogP) is 18.0. The highest BCUT2D eigenvalue weighted by Gasteiger charge is 2.19. The van der Waals surface area contributed by atoms with E-state index in [2.05, 4.69) is 96.4 Å². The van der Waals surface area contributed by atoms with Crippen LogP contribution in [0.5, 0.6) is 40.2 Å². The van der Waals surface area contributed by atoms with Crippen molar-refractivity contribution in [2.45, 2.75) is 81.7 Å². The number of aryl methyl sites for hydroxylation is 2. The van der Waals surface area contributed by atoms with E-state index in [9.17, 15) is 77.6 Å². The summed E-state index contributed by atoms with van der Waals surface area (Å²) in [4.78, 5) is 165. The number of esters is 3. The van der Waals surface area contributed by atoms with Crippen LogP contribution < -0.4 is 40.2 Å². The van der Waals surface area contributed by atoms with Gasteiger partial charge in [0.05, 0.1) is 33.8 Å². The molecular formula is C95H100BrCl3N4O29. The molecule has 0 spiro atoms. The molecule has 0 aliphatic carbocycles. The first kappa shape index (κ1) is 122. The molecule has 132 heavy (non-hydrogen) atoms. The topological polar surface area (TPSA) is 540 Å². The van der Waals surface area contributed by atoms with Crippen LogP contribution in [0, 0.1) is 13.8 Å². The summed E-state index contributed by atoms with van der Waals surface area (Å²) < 4.78 is 20.1. The van der Waals surface area contributed by atoms with Gasteiger partial charge in [-0.05, 0) is 194 Å². The van der Waals surface area contributed by atoms with E-state index in [-0.39, 0.29) is 97.3 Å². The molecule has 33 nitrogen and oxygen atoms in total. The standard InChI is InChI=1S/2C12H13NO3.C11H10BrNO3.C11H12O3.C10H8Cl2O3.C10H9ClO3.C10H10O3.C9H8O2.C7H11NO3.3CH2O/c1-7(2)11(14)13-10-5-4-9(12(15)16)6-8(10)3;1-8(2)12(16)13-10-5-3-9(4-6-10)7-11(14)15;1-6(2)10(14)13-9-4-3-7(12)5-8(9)11(15)16;1-7(2)11(13)14-10-8(3)5-4-6-9(10)12;1-5(2)10(14)15-9-7(12)3-6(11)4-8(9)13;1-6(2)10(13)14-9-5-7(11)3-4-8(9)12;1-2-8-3-5-9(6-4-8)13-7-10(11)12;1-2-7-3-5-8(6-4-7)9(10)11;1-4(2)6(9)8-5(3)7(10)11;3*1-2/h4-6H,1H2,2-3H3,(H,13,14)(H,15,16);3-6H,1,7H2,2H3,(H,13,16)(H,14,15);3-5H,1H2,2H3,(H,13,14)(H,15,16);4-6,12H,1H2,2-3H3;3-4,13H,1H2,2H3;3-5,12H,1H2,2H3;2-6H,1,7H2,(H,11,12);2-6H,1H2,(H,10,11);5H,1H2,2-3H3,(H,8,9)(H,10,11);3*1H2. The van der Waals surface area contributed by atoms with Crippen molar-refractivity contribution >= 4 is 178 Å². The number of amides is 4. The minimum Gasteiger partial charge on any atom is -0.504 e. The molecule has 0 fully saturated rings. The lowest BCUT2D eigenvalue weighted by molar-refractivity contribution is -0.141. The third kappa shape index (κ3) is 51.6. The second kappa shape index (κ2) is 65.6. The first-order valence-electron chi connectivity index (χ1n) is 36.9. The fraction of sp³-hybridized carbons (Fsp3) is 0.137. The second-order valence-electron chi connectivity index (χ2n) is 26.0. The van der Waals surface area contributed by atoms with Crippen LogP contribution in [0.4, 0.5) is 17.1 Å². The molecule has 0 saturated carbocycles. The Bertz CT molecular complexity index is 5430. The van der Waals surface area contributed by atoms with Gasteiger partial charge in [-0.2, -0.15) is 0 Å². The largest absolute Gasteiger partial charge is 0.504 e. The molecule has 0 saturated heterocycles. The highest BCUT2D eigenvalue weighted by molar-refractivity contribution is 9.10. The molecule has 1 unspecified atom stereocenters. The molecule has 4 amide bonds. The number of phenols is 3. The van der Waals surface area contributed by atoms with Gasteiger partial charge in [0.2, 0.25) is 5.91 Å².